The molecule has 0 saturated carbocycles. The number of anilines is 1. The van der Waals surface area contributed by atoms with E-state index in [4.69, 9.17) is 37.8 Å². The Morgan fingerprint density at radius 1 is 1.03 bits per heavy atom. The predicted molar refractivity (Wildman–Crippen MR) is 119 cm³/mol. The lowest BCUT2D eigenvalue weighted by Crippen LogP contribution is -2.04. The summed E-state index contributed by atoms with van der Waals surface area (Å²) in [6.45, 7) is 2.63. The van der Waals surface area contributed by atoms with Gasteiger partial charge in [0.05, 0.1) is 12.7 Å². The highest BCUT2D eigenvalue weighted by molar-refractivity contribution is 6.35. The Hall–Kier alpha value is -2.89. The van der Waals surface area contributed by atoms with E-state index in [9.17, 15) is 4.79 Å². The first-order valence-corrected chi connectivity index (χ1v) is 9.95. The molecule has 0 amide bonds. The molecule has 7 heteroatoms. The number of ether oxygens (including phenoxy) is 2. The van der Waals surface area contributed by atoms with E-state index in [1.807, 2.05) is 25.1 Å². The molecule has 0 saturated heterocycles. The maximum atomic E-state index is 11.1. The number of aromatic carboxylic acids is 1. The molecule has 0 aliphatic rings. The van der Waals surface area contributed by atoms with Crippen LogP contribution < -0.4 is 14.8 Å². The van der Waals surface area contributed by atoms with Crippen molar-refractivity contribution in [1.29, 1.82) is 0 Å². The molecule has 0 atom stereocenters. The van der Waals surface area contributed by atoms with Gasteiger partial charge < -0.3 is 19.9 Å². The Morgan fingerprint density at radius 3 is 2.40 bits per heavy atom. The molecule has 0 aliphatic carbocycles. The molecule has 3 aromatic carbocycles. The van der Waals surface area contributed by atoms with Gasteiger partial charge in [-0.05, 0) is 60.5 Å². The van der Waals surface area contributed by atoms with E-state index in [1.165, 1.54) is 0 Å². The number of hydrogen-bond donors (Lipinski definition) is 2. The molecule has 30 heavy (non-hydrogen) atoms. The maximum Gasteiger partial charge on any atom is 0.335 e. The summed E-state index contributed by atoms with van der Waals surface area (Å²) in [7, 11) is 1.58. The molecule has 3 rings (SSSR count). The first-order chi connectivity index (χ1) is 14.4. The number of hydrogen-bond acceptors (Lipinski definition) is 4. The Balaban J connectivity index is 1.69. The van der Waals surface area contributed by atoms with E-state index < -0.39 is 5.97 Å². The number of aryl methyl sites for hydroxylation is 1. The fourth-order valence-corrected chi connectivity index (χ4v) is 3.46. The fourth-order valence-electron chi connectivity index (χ4n) is 2.95. The second kappa shape index (κ2) is 9.74. The lowest BCUT2D eigenvalue weighted by Gasteiger charge is -2.15. The monoisotopic (exact) mass is 445 g/mol. The third-order valence-electron chi connectivity index (χ3n) is 4.62. The molecule has 0 radical (unpaired) electrons. The molecule has 2 N–H and O–H groups in total. The van der Waals surface area contributed by atoms with Crippen molar-refractivity contribution in [3.63, 3.8) is 0 Å². The molecule has 0 bridgehead atoms. The number of methoxy groups -OCH3 is 1. The van der Waals surface area contributed by atoms with Crippen LogP contribution in [0.2, 0.25) is 10.0 Å². The van der Waals surface area contributed by atoms with Gasteiger partial charge in [0.2, 0.25) is 0 Å². The molecular formula is C23H21Cl2NO4. The second-order valence-electron chi connectivity index (χ2n) is 6.66. The van der Waals surface area contributed by atoms with Crippen LogP contribution in [0.3, 0.4) is 0 Å². The van der Waals surface area contributed by atoms with Crippen molar-refractivity contribution in [2.75, 3.05) is 12.4 Å². The first-order valence-electron chi connectivity index (χ1n) is 9.19. The summed E-state index contributed by atoms with van der Waals surface area (Å²) in [6, 6.07) is 16.0. The summed E-state index contributed by atoms with van der Waals surface area (Å²) in [5.74, 6) is 0.234. The van der Waals surface area contributed by atoms with E-state index >= 15 is 0 Å². The smallest absolute Gasteiger partial charge is 0.335 e. The lowest BCUT2D eigenvalue weighted by molar-refractivity contribution is 0.0697. The summed E-state index contributed by atoms with van der Waals surface area (Å²) in [4.78, 5) is 11.1. The van der Waals surface area contributed by atoms with Gasteiger partial charge in [0, 0.05) is 27.8 Å². The van der Waals surface area contributed by atoms with E-state index in [0.717, 1.165) is 16.8 Å². The van der Waals surface area contributed by atoms with Gasteiger partial charge in [-0.25, -0.2) is 4.79 Å². The van der Waals surface area contributed by atoms with Crippen LogP contribution in [0.1, 0.15) is 27.0 Å². The van der Waals surface area contributed by atoms with Crippen molar-refractivity contribution in [2.45, 2.75) is 20.1 Å². The summed E-state index contributed by atoms with van der Waals surface area (Å²) < 4.78 is 11.3. The maximum absolute atomic E-state index is 11.1. The number of nitrogens with one attached hydrogen (secondary N) is 1. The number of halogens is 2. The van der Waals surface area contributed by atoms with Crippen molar-refractivity contribution in [3.8, 4) is 11.5 Å². The highest BCUT2D eigenvalue weighted by Crippen LogP contribution is 2.31. The molecule has 156 valence electrons. The van der Waals surface area contributed by atoms with Crippen LogP contribution in [0.25, 0.3) is 0 Å². The standard InChI is InChI=1S/C23H21Cl2NO4/c1-14-10-16(23(27)28)7-8-20(14)26-12-15-6-9-21(22(11-15)29-2)30-13-17-18(24)4-3-5-19(17)25/h3-11,26H,12-13H2,1-2H3,(H,27,28). The van der Waals surface area contributed by atoms with Crippen LogP contribution >= 0.6 is 23.2 Å². The number of carboxylic acids is 1. The molecule has 0 aromatic heterocycles. The van der Waals surface area contributed by atoms with Gasteiger partial charge in [-0.15, -0.1) is 0 Å². The lowest BCUT2D eigenvalue weighted by atomic mass is 10.1. The molecule has 0 unspecified atom stereocenters. The van der Waals surface area contributed by atoms with Crippen LogP contribution in [-0.4, -0.2) is 18.2 Å². The molecule has 0 fully saturated rings. The van der Waals surface area contributed by atoms with Crippen LogP contribution in [-0.2, 0) is 13.2 Å². The Labute approximate surface area is 185 Å². The minimum Gasteiger partial charge on any atom is -0.493 e. The second-order valence-corrected chi connectivity index (χ2v) is 7.48. The van der Waals surface area contributed by atoms with Crippen molar-refractivity contribution in [1.82, 2.24) is 0 Å². The Bertz CT molecular complexity index is 1050. The van der Waals surface area contributed by atoms with E-state index in [2.05, 4.69) is 5.32 Å². The molecular weight excluding hydrogens is 425 g/mol. The average Bonchev–Trinajstić information content (AvgIpc) is 2.72. The third-order valence-corrected chi connectivity index (χ3v) is 5.33. The molecule has 3 aromatic rings. The van der Waals surface area contributed by atoms with E-state index in [0.29, 0.717) is 33.7 Å². The highest BCUT2D eigenvalue weighted by atomic mass is 35.5. The number of rotatable bonds is 8. The minimum absolute atomic E-state index is 0.224. The third kappa shape index (κ3) is 5.17. The van der Waals surface area contributed by atoms with Gasteiger partial charge in [0.25, 0.3) is 0 Å². The largest absolute Gasteiger partial charge is 0.493 e. The molecule has 0 spiro atoms. The van der Waals surface area contributed by atoms with Gasteiger partial charge >= 0.3 is 5.97 Å². The Kier molecular flexibility index (Phi) is 7.08. The first kappa shape index (κ1) is 21.8. The summed E-state index contributed by atoms with van der Waals surface area (Å²) in [5.41, 5.74) is 3.69. The zero-order valence-electron chi connectivity index (χ0n) is 16.5. The van der Waals surface area contributed by atoms with E-state index in [1.54, 1.807) is 43.5 Å². The molecule has 0 heterocycles. The van der Waals surface area contributed by atoms with Crippen molar-refractivity contribution in [2.24, 2.45) is 0 Å². The molecule has 5 nitrogen and oxygen atoms in total. The van der Waals surface area contributed by atoms with Crippen molar-refractivity contribution in [3.05, 3.63) is 86.9 Å². The van der Waals surface area contributed by atoms with Gasteiger partial charge in [-0.2, -0.15) is 0 Å². The summed E-state index contributed by atoms with van der Waals surface area (Å²) >= 11 is 12.4. The van der Waals surface area contributed by atoms with Crippen LogP contribution in [0, 0.1) is 6.92 Å². The predicted octanol–water partition coefficient (Wildman–Crippen LogP) is 6.20. The zero-order valence-corrected chi connectivity index (χ0v) is 18.1. The van der Waals surface area contributed by atoms with Crippen LogP contribution in [0.15, 0.2) is 54.6 Å². The number of carboxylic acid groups (broad SMARTS) is 1. The van der Waals surface area contributed by atoms with Crippen LogP contribution in [0.4, 0.5) is 5.69 Å². The minimum atomic E-state index is -0.942. The average molecular weight is 446 g/mol. The van der Waals surface area contributed by atoms with Crippen molar-refractivity contribution >= 4 is 34.9 Å². The van der Waals surface area contributed by atoms with Crippen LogP contribution in [0.5, 0.6) is 11.5 Å². The highest BCUT2D eigenvalue weighted by Gasteiger charge is 2.11. The van der Waals surface area contributed by atoms with Gasteiger partial charge in [-0.1, -0.05) is 35.3 Å². The summed E-state index contributed by atoms with van der Waals surface area (Å²) in [6.07, 6.45) is 0. The Morgan fingerprint density at radius 2 is 1.77 bits per heavy atom. The van der Waals surface area contributed by atoms with Gasteiger partial charge in [-0.3, -0.25) is 0 Å². The number of benzene rings is 3. The van der Waals surface area contributed by atoms with Gasteiger partial charge in [0.1, 0.15) is 6.61 Å². The van der Waals surface area contributed by atoms with Gasteiger partial charge in [0.15, 0.2) is 11.5 Å². The van der Waals surface area contributed by atoms with E-state index in [-0.39, 0.29) is 12.2 Å². The quantitative estimate of drug-likeness (QED) is 0.431. The topological polar surface area (TPSA) is 67.8 Å². The molecule has 0 aliphatic heterocycles. The number of carbonyl (C=O) groups is 1. The summed E-state index contributed by atoms with van der Waals surface area (Å²) in [5, 5.41) is 13.5. The SMILES string of the molecule is COc1cc(CNc2ccc(C(=O)O)cc2C)ccc1OCc1c(Cl)cccc1Cl. The normalized spacial score (nSPS) is 10.5. The van der Waals surface area contributed by atoms with Crippen molar-refractivity contribution < 1.29 is 19.4 Å². The fraction of sp³-hybridized carbons (Fsp3) is 0.174. The zero-order chi connectivity index (χ0) is 21.7.